The van der Waals surface area contributed by atoms with Gasteiger partial charge in [-0.1, -0.05) is 43.2 Å². The minimum absolute atomic E-state index is 0.162. The Kier molecular flexibility index (Phi) is 5.31. The van der Waals surface area contributed by atoms with Crippen molar-refractivity contribution in [3.05, 3.63) is 91.9 Å². The monoisotopic (exact) mass is 529 g/mol. The molecule has 10 heteroatoms. The van der Waals surface area contributed by atoms with Crippen LogP contribution in [0.15, 0.2) is 72.3 Å². The maximum atomic E-state index is 14.3. The fourth-order valence-corrected chi connectivity index (χ4v) is 6.71. The van der Waals surface area contributed by atoms with E-state index in [1.54, 1.807) is 0 Å². The van der Waals surface area contributed by atoms with Crippen LogP contribution >= 0.6 is 11.8 Å². The Morgan fingerprint density at radius 3 is 2.46 bits per heavy atom. The third-order valence-electron chi connectivity index (χ3n) is 7.33. The Morgan fingerprint density at radius 2 is 1.73 bits per heavy atom. The highest BCUT2D eigenvalue weighted by Crippen LogP contribution is 2.52. The number of hydrogen-bond donors (Lipinski definition) is 1. The van der Waals surface area contributed by atoms with Crippen molar-refractivity contribution in [2.24, 2.45) is 0 Å². The van der Waals surface area contributed by atoms with Crippen LogP contribution in [0.3, 0.4) is 0 Å². The van der Waals surface area contributed by atoms with Crippen LogP contribution in [-0.4, -0.2) is 9.67 Å². The van der Waals surface area contributed by atoms with Crippen molar-refractivity contribution in [3.8, 4) is 11.4 Å². The molecule has 6 rings (SSSR count). The van der Waals surface area contributed by atoms with E-state index < -0.39 is 44.8 Å². The standard InChI is InChI=1S/C27H19F4NO4S/c28-14-8-9-17-16(12-14)26(10-4-1-5-11-26)20-13-18-21(24(34)32(17)20)22(33)23(25(35)36-18)37-19-7-3-2-6-15(19)27(29,30)31/h2-3,6-9,12-13,33H,1,4-5,10-11H2. The molecular weight excluding hydrogens is 510 g/mol. The van der Waals surface area contributed by atoms with E-state index in [1.165, 1.54) is 47.0 Å². The highest BCUT2D eigenvalue weighted by Gasteiger charge is 2.46. The Labute approximate surface area is 211 Å². The number of fused-ring (bicyclic) bond motifs is 6. The third-order valence-corrected chi connectivity index (χ3v) is 8.47. The van der Waals surface area contributed by atoms with Gasteiger partial charge in [0.1, 0.15) is 21.7 Å². The van der Waals surface area contributed by atoms with E-state index in [0.717, 1.165) is 25.3 Å². The van der Waals surface area contributed by atoms with E-state index in [4.69, 9.17) is 4.42 Å². The molecule has 1 fully saturated rings. The predicted molar refractivity (Wildman–Crippen MR) is 129 cm³/mol. The smallest absolute Gasteiger partial charge is 0.417 e. The number of pyridine rings is 1. The molecule has 0 saturated heterocycles. The first-order valence-electron chi connectivity index (χ1n) is 11.7. The summed E-state index contributed by atoms with van der Waals surface area (Å²) in [5, 5.41) is 10.7. The maximum Gasteiger partial charge on any atom is 0.417 e. The average molecular weight is 530 g/mol. The van der Waals surface area contributed by atoms with E-state index in [-0.39, 0.29) is 15.9 Å². The van der Waals surface area contributed by atoms with Gasteiger partial charge in [0.05, 0.1) is 11.3 Å². The van der Waals surface area contributed by atoms with E-state index in [2.05, 4.69) is 0 Å². The Bertz CT molecular complexity index is 1700. The number of benzene rings is 2. The van der Waals surface area contributed by atoms with Crippen LogP contribution in [-0.2, 0) is 11.6 Å². The van der Waals surface area contributed by atoms with Gasteiger partial charge in [-0.25, -0.2) is 9.18 Å². The number of alkyl halides is 3. The van der Waals surface area contributed by atoms with Crippen LogP contribution < -0.4 is 11.2 Å². The van der Waals surface area contributed by atoms with Crippen molar-refractivity contribution in [2.45, 2.75) is 53.5 Å². The second-order valence-corrected chi connectivity index (χ2v) is 10.4. The molecule has 3 heterocycles. The molecule has 0 radical (unpaired) electrons. The zero-order valence-electron chi connectivity index (χ0n) is 19.2. The summed E-state index contributed by atoms with van der Waals surface area (Å²) >= 11 is 0.386. The largest absolute Gasteiger partial charge is 0.505 e. The zero-order valence-corrected chi connectivity index (χ0v) is 20.0. The normalized spacial score (nSPS) is 16.2. The van der Waals surface area contributed by atoms with E-state index >= 15 is 0 Å². The molecule has 2 aliphatic rings. The van der Waals surface area contributed by atoms with Gasteiger partial charge in [-0.05, 0) is 48.7 Å². The van der Waals surface area contributed by atoms with Gasteiger partial charge in [-0.3, -0.25) is 9.36 Å². The van der Waals surface area contributed by atoms with Gasteiger partial charge >= 0.3 is 11.8 Å². The van der Waals surface area contributed by atoms with Gasteiger partial charge in [-0.2, -0.15) is 13.2 Å². The minimum atomic E-state index is -4.69. The van der Waals surface area contributed by atoms with E-state index in [9.17, 15) is 32.3 Å². The lowest BCUT2D eigenvalue weighted by molar-refractivity contribution is -0.139. The molecule has 1 aliphatic carbocycles. The quantitative estimate of drug-likeness (QED) is 0.299. The Balaban J connectivity index is 1.60. The summed E-state index contributed by atoms with van der Waals surface area (Å²) in [6.45, 7) is 0. The number of halogens is 4. The second kappa shape index (κ2) is 8.24. The molecule has 0 atom stereocenters. The fourth-order valence-electron chi connectivity index (χ4n) is 5.73. The van der Waals surface area contributed by atoms with Crippen LogP contribution in [0.4, 0.5) is 17.6 Å². The lowest BCUT2D eigenvalue weighted by Gasteiger charge is -2.34. The molecule has 5 nitrogen and oxygen atoms in total. The van der Waals surface area contributed by atoms with Crippen LogP contribution in [0.2, 0.25) is 0 Å². The SMILES string of the molecule is O=c1oc2cc3n(c(=O)c2c(O)c1Sc1ccccc1C(F)(F)F)-c1ccc(F)cc1C31CCCCC1. The number of rotatable bonds is 2. The lowest BCUT2D eigenvalue weighted by Crippen LogP contribution is -2.31. The second-order valence-electron chi connectivity index (χ2n) is 9.38. The van der Waals surface area contributed by atoms with E-state index in [1.807, 2.05) is 0 Å². The van der Waals surface area contributed by atoms with Gasteiger partial charge in [-0.15, -0.1) is 0 Å². The predicted octanol–water partition coefficient (Wildman–Crippen LogP) is 6.52. The summed E-state index contributed by atoms with van der Waals surface area (Å²) in [7, 11) is 0. The molecule has 4 aromatic rings. The number of aromatic hydroxyl groups is 1. The molecule has 0 unspecified atom stereocenters. The van der Waals surface area contributed by atoms with E-state index in [0.29, 0.717) is 41.5 Å². The van der Waals surface area contributed by atoms with Gasteiger partial charge in [0.25, 0.3) is 5.56 Å². The summed E-state index contributed by atoms with van der Waals surface area (Å²) in [5.41, 5.74) is -1.84. The summed E-state index contributed by atoms with van der Waals surface area (Å²) in [5.74, 6) is -1.19. The summed E-state index contributed by atoms with van der Waals surface area (Å²) in [6, 6.07) is 10.3. The summed E-state index contributed by atoms with van der Waals surface area (Å²) in [6.07, 6.45) is -0.610. The van der Waals surface area contributed by atoms with Crippen molar-refractivity contribution in [3.63, 3.8) is 0 Å². The van der Waals surface area contributed by atoms with Gasteiger partial charge < -0.3 is 9.52 Å². The highest BCUT2D eigenvalue weighted by atomic mass is 32.2. The van der Waals surface area contributed by atoms with Crippen molar-refractivity contribution >= 4 is 22.7 Å². The molecule has 0 amide bonds. The molecule has 2 aromatic heterocycles. The molecule has 1 N–H and O–H groups in total. The van der Waals surface area contributed by atoms with Crippen molar-refractivity contribution in [1.29, 1.82) is 0 Å². The molecule has 1 saturated carbocycles. The Morgan fingerprint density at radius 1 is 1.00 bits per heavy atom. The molecule has 0 bridgehead atoms. The highest BCUT2D eigenvalue weighted by molar-refractivity contribution is 7.99. The van der Waals surface area contributed by atoms with Crippen LogP contribution in [0.5, 0.6) is 5.75 Å². The first-order valence-corrected chi connectivity index (χ1v) is 12.5. The minimum Gasteiger partial charge on any atom is -0.505 e. The summed E-state index contributed by atoms with van der Waals surface area (Å²) in [4.78, 5) is 25.8. The van der Waals surface area contributed by atoms with Crippen molar-refractivity contribution in [2.75, 3.05) is 0 Å². The molecule has 1 aliphatic heterocycles. The first kappa shape index (κ1) is 23.8. The fraction of sp³-hybridized carbons (Fsp3) is 0.259. The Hall–Kier alpha value is -3.53. The van der Waals surface area contributed by atoms with Crippen LogP contribution in [0.1, 0.15) is 48.9 Å². The number of hydrogen-bond acceptors (Lipinski definition) is 5. The zero-order chi connectivity index (χ0) is 26.1. The van der Waals surface area contributed by atoms with Gasteiger partial charge in [0, 0.05) is 22.1 Å². The molecule has 2 aromatic carbocycles. The summed E-state index contributed by atoms with van der Waals surface area (Å²) < 4.78 is 61.7. The first-order chi connectivity index (χ1) is 17.6. The third kappa shape index (κ3) is 3.53. The van der Waals surface area contributed by atoms with Crippen LogP contribution in [0.25, 0.3) is 16.7 Å². The number of aromatic nitrogens is 1. The molecule has 1 spiro atoms. The topological polar surface area (TPSA) is 72.4 Å². The van der Waals surface area contributed by atoms with Gasteiger partial charge in [0.15, 0.2) is 5.75 Å². The lowest BCUT2D eigenvalue weighted by atomic mass is 9.68. The molecule has 190 valence electrons. The molecular formula is C27H19F4NO4S. The van der Waals surface area contributed by atoms with Gasteiger partial charge in [0.2, 0.25) is 0 Å². The molecule has 37 heavy (non-hydrogen) atoms. The van der Waals surface area contributed by atoms with Crippen molar-refractivity contribution < 1.29 is 27.1 Å². The average Bonchev–Trinajstić information content (AvgIpc) is 3.10. The number of nitrogens with zero attached hydrogens (tertiary/aromatic N) is 1. The van der Waals surface area contributed by atoms with Crippen LogP contribution in [0, 0.1) is 5.82 Å². The maximum absolute atomic E-state index is 14.3. The van der Waals surface area contributed by atoms with Crippen molar-refractivity contribution in [1.82, 2.24) is 4.57 Å².